The molecule has 0 aliphatic rings. The van der Waals surface area contributed by atoms with Gasteiger partial charge in [-0.15, -0.1) is 0 Å². The Morgan fingerprint density at radius 2 is 2.15 bits per heavy atom. The molecule has 0 fully saturated rings. The summed E-state index contributed by atoms with van der Waals surface area (Å²) in [6, 6.07) is 2.52. The van der Waals surface area contributed by atoms with E-state index in [1.54, 1.807) is 6.07 Å². The first-order valence-corrected chi connectivity index (χ1v) is 6.66. The van der Waals surface area contributed by atoms with Crippen LogP contribution in [0, 0.1) is 5.41 Å². The van der Waals surface area contributed by atoms with E-state index in [0.29, 0.717) is 12.4 Å². The van der Waals surface area contributed by atoms with Crippen LogP contribution in [0.1, 0.15) is 13.3 Å². The molecule has 0 spiro atoms. The molecule has 0 aromatic heterocycles. The number of halogens is 2. The number of carbonyl (C=O) groups excluding carboxylic acids is 1. The summed E-state index contributed by atoms with van der Waals surface area (Å²) in [4.78, 5) is 12.7. The van der Waals surface area contributed by atoms with Crippen LogP contribution in [-0.2, 0) is 0 Å². The van der Waals surface area contributed by atoms with Gasteiger partial charge in [0.15, 0.2) is 0 Å². The lowest BCUT2D eigenvalue weighted by atomic mass is 10.2. The number of benzene rings is 1. The van der Waals surface area contributed by atoms with E-state index in [0.717, 1.165) is 11.3 Å². The van der Waals surface area contributed by atoms with Gasteiger partial charge in [-0.2, -0.15) is 0 Å². The normalized spacial score (nSPS) is 10.0. The van der Waals surface area contributed by atoms with Gasteiger partial charge in [0, 0.05) is 7.05 Å². The number of hydrogen-bond donors (Lipinski definition) is 3. The topological polar surface area (TPSA) is 91.4 Å². The lowest BCUT2D eigenvalue weighted by Gasteiger charge is -2.23. The number of carbonyl (C=O) groups is 1. The fraction of sp³-hybridized carbons (Fsp3) is 0.333. The molecule has 6 nitrogen and oxygen atoms in total. The molecule has 1 aromatic carbocycles. The zero-order valence-electron chi connectivity index (χ0n) is 11.2. The summed E-state index contributed by atoms with van der Waals surface area (Å²) in [5.74, 6) is -0.121. The average molecular weight is 319 g/mol. The van der Waals surface area contributed by atoms with Gasteiger partial charge in [0.05, 0.1) is 17.3 Å². The van der Waals surface area contributed by atoms with E-state index in [1.165, 1.54) is 13.1 Å². The maximum Gasteiger partial charge on any atom is 0.328 e. The number of nitrogens with one attached hydrogen (secondary N) is 2. The largest absolute Gasteiger partial charge is 0.492 e. The minimum absolute atomic E-state index is 0.119. The summed E-state index contributed by atoms with van der Waals surface area (Å²) in [5.41, 5.74) is 5.54. The number of nitrogens with two attached hydrogens (primary N) is 1. The fourth-order valence-electron chi connectivity index (χ4n) is 1.49. The third kappa shape index (κ3) is 3.46. The van der Waals surface area contributed by atoms with E-state index in [9.17, 15) is 4.79 Å². The summed E-state index contributed by atoms with van der Waals surface area (Å²) < 4.78 is 5.46. The molecule has 0 aliphatic carbocycles. The van der Waals surface area contributed by atoms with Crippen molar-refractivity contribution >= 4 is 40.9 Å². The van der Waals surface area contributed by atoms with Crippen LogP contribution in [0.2, 0.25) is 10.0 Å². The fourth-order valence-corrected chi connectivity index (χ4v) is 2.09. The van der Waals surface area contributed by atoms with Crippen LogP contribution >= 0.6 is 23.2 Å². The number of nitrogens with zero attached hydrogens (tertiary/aromatic N) is 1. The molecule has 4 N–H and O–H groups in total. The first-order valence-electron chi connectivity index (χ1n) is 5.90. The number of amides is 2. The van der Waals surface area contributed by atoms with Crippen molar-refractivity contribution in [1.29, 1.82) is 5.41 Å². The van der Waals surface area contributed by atoms with Crippen molar-refractivity contribution in [3.8, 4) is 5.75 Å². The predicted molar refractivity (Wildman–Crippen MR) is 81.1 cm³/mol. The standard InChI is InChI=1S/C12H16Cl2N4O2/c1-3-6-20-8-5-4-7(13)10(9(8)14)18(11(15)16)12(19)17-2/h4-5H,3,6H2,1-2H3,(H3,15,16)(H,17,19). The number of hydrogen-bond acceptors (Lipinski definition) is 3. The number of ether oxygens (including phenoxy) is 1. The Morgan fingerprint density at radius 1 is 1.50 bits per heavy atom. The summed E-state index contributed by atoms with van der Waals surface area (Å²) in [6.07, 6.45) is 0.806. The molecule has 0 unspecified atom stereocenters. The van der Waals surface area contributed by atoms with Gasteiger partial charge in [-0.05, 0) is 18.6 Å². The Balaban J connectivity index is 3.33. The second-order valence-corrected chi connectivity index (χ2v) is 4.62. The Labute approximate surface area is 127 Å². The van der Waals surface area contributed by atoms with Crippen molar-refractivity contribution < 1.29 is 9.53 Å². The van der Waals surface area contributed by atoms with Gasteiger partial charge < -0.3 is 15.8 Å². The first-order chi connectivity index (χ1) is 9.43. The molecule has 2 amide bonds. The number of rotatable bonds is 4. The van der Waals surface area contributed by atoms with Crippen LogP contribution < -0.4 is 20.7 Å². The van der Waals surface area contributed by atoms with Gasteiger partial charge in [0.25, 0.3) is 0 Å². The molecule has 0 heterocycles. The zero-order chi connectivity index (χ0) is 15.3. The molecule has 1 aromatic rings. The Morgan fingerprint density at radius 3 is 2.65 bits per heavy atom. The molecule has 0 saturated carbocycles. The monoisotopic (exact) mass is 318 g/mol. The van der Waals surface area contributed by atoms with Gasteiger partial charge in [-0.25, -0.2) is 9.69 Å². The van der Waals surface area contributed by atoms with Crippen molar-refractivity contribution in [2.75, 3.05) is 18.6 Å². The minimum Gasteiger partial charge on any atom is -0.492 e. The van der Waals surface area contributed by atoms with Crippen LogP contribution in [-0.4, -0.2) is 25.6 Å². The molecule has 1 rings (SSSR count). The van der Waals surface area contributed by atoms with Crippen LogP contribution in [0.25, 0.3) is 0 Å². The van der Waals surface area contributed by atoms with E-state index < -0.39 is 12.0 Å². The van der Waals surface area contributed by atoms with E-state index in [2.05, 4.69) is 5.32 Å². The highest BCUT2D eigenvalue weighted by atomic mass is 35.5. The van der Waals surface area contributed by atoms with Gasteiger partial charge in [-0.3, -0.25) is 5.41 Å². The molecular weight excluding hydrogens is 303 g/mol. The number of anilines is 1. The molecule has 0 atom stereocenters. The third-order valence-electron chi connectivity index (χ3n) is 2.37. The Bertz CT molecular complexity index is 522. The predicted octanol–water partition coefficient (Wildman–Crippen LogP) is 2.82. The SMILES string of the molecule is CCCOc1ccc(Cl)c(N(C(=N)N)C(=O)NC)c1Cl. The summed E-state index contributed by atoms with van der Waals surface area (Å²) >= 11 is 12.3. The van der Waals surface area contributed by atoms with Gasteiger partial charge in [0.2, 0.25) is 5.96 Å². The lowest BCUT2D eigenvalue weighted by molar-refractivity contribution is 0.251. The summed E-state index contributed by atoms with van der Waals surface area (Å²) in [6.45, 7) is 2.43. The van der Waals surface area contributed by atoms with Crippen molar-refractivity contribution in [2.24, 2.45) is 5.73 Å². The van der Waals surface area contributed by atoms with E-state index in [4.69, 9.17) is 39.1 Å². The van der Waals surface area contributed by atoms with E-state index in [1.807, 2.05) is 6.92 Å². The van der Waals surface area contributed by atoms with Crippen LogP contribution in [0.4, 0.5) is 10.5 Å². The van der Waals surface area contributed by atoms with Crippen LogP contribution in [0.15, 0.2) is 12.1 Å². The Hall–Kier alpha value is -1.66. The van der Waals surface area contributed by atoms with Crippen molar-refractivity contribution in [3.05, 3.63) is 22.2 Å². The van der Waals surface area contributed by atoms with Crippen LogP contribution in [0.3, 0.4) is 0 Å². The maximum absolute atomic E-state index is 11.8. The molecule has 110 valence electrons. The Kier molecular flexibility index (Phi) is 5.91. The van der Waals surface area contributed by atoms with E-state index >= 15 is 0 Å². The molecule has 20 heavy (non-hydrogen) atoms. The van der Waals surface area contributed by atoms with Gasteiger partial charge >= 0.3 is 6.03 Å². The highest BCUT2D eigenvalue weighted by molar-refractivity contribution is 6.42. The number of guanidine groups is 1. The minimum atomic E-state index is -0.617. The first kappa shape index (κ1) is 16.4. The molecule has 0 saturated heterocycles. The zero-order valence-corrected chi connectivity index (χ0v) is 12.7. The van der Waals surface area contributed by atoms with Crippen molar-refractivity contribution in [1.82, 2.24) is 5.32 Å². The van der Waals surface area contributed by atoms with Gasteiger partial charge in [-0.1, -0.05) is 30.1 Å². The molecule has 0 radical (unpaired) electrons. The molecule has 0 bridgehead atoms. The smallest absolute Gasteiger partial charge is 0.328 e. The highest BCUT2D eigenvalue weighted by Gasteiger charge is 2.25. The number of urea groups is 1. The highest BCUT2D eigenvalue weighted by Crippen LogP contribution is 2.40. The van der Waals surface area contributed by atoms with Crippen molar-refractivity contribution in [2.45, 2.75) is 13.3 Å². The third-order valence-corrected chi connectivity index (χ3v) is 3.04. The molecule has 0 aliphatic heterocycles. The lowest BCUT2D eigenvalue weighted by Crippen LogP contribution is -2.46. The second kappa shape index (κ2) is 7.21. The maximum atomic E-state index is 11.8. The summed E-state index contributed by atoms with van der Waals surface area (Å²) in [5, 5.41) is 10.2. The van der Waals surface area contributed by atoms with Crippen molar-refractivity contribution in [3.63, 3.8) is 0 Å². The average Bonchev–Trinajstić information content (AvgIpc) is 2.41. The summed E-state index contributed by atoms with van der Waals surface area (Å²) in [7, 11) is 1.41. The second-order valence-electron chi connectivity index (χ2n) is 3.83. The van der Waals surface area contributed by atoms with Gasteiger partial charge in [0.1, 0.15) is 10.8 Å². The van der Waals surface area contributed by atoms with Crippen LogP contribution in [0.5, 0.6) is 5.75 Å². The molecule has 8 heteroatoms. The molecular formula is C12H16Cl2N4O2. The quantitative estimate of drug-likeness (QED) is 0.588. The van der Waals surface area contributed by atoms with E-state index in [-0.39, 0.29) is 15.7 Å².